The Morgan fingerprint density at radius 2 is 2.04 bits per heavy atom. The van der Waals surface area contributed by atoms with Gasteiger partial charge in [0.25, 0.3) is 5.56 Å². The van der Waals surface area contributed by atoms with Crippen molar-refractivity contribution in [2.45, 2.75) is 18.7 Å². The van der Waals surface area contributed by atoms with Crippen molar-refractivity contribution in [2.24, 2.45) is 0 Å². The highest BCUT2D eigenvalue weighted by Gasteiger charge is 2.19. The Bertz CT molecular complexity index is 980. The van der Waals surface area contributed by atoms with Crippen molar-refractivity contribution in [3.63, 3.8) is 0 Å². The summed E-state index contributed by atoms with van der Waals surface area (Å²) in [5.74, 6) is 0.738. The van der Waals surface area contributed by atoms with Gasteiger partial charge in [0.05, 0.1) is 5.39 Å². The second-order valence-electron chi connectivity index (χ2n) is 5.33. The normalized spacial score (nSPS) is 11.0. The minimum atomic E-state index is -0.422. The zero-order valence-electron chi connectivity index (χ0n) is 13.6. The lowest BCUT2D eigenvalue weighted by Gasteiger charge is -2.04. The van der Waals surface area contributed by atoms with E-state index in [4.69, 9.17) is 16.3 Å². The first-order valence-electron chi connectivity index (χ1n) is 7.51. The van der Waals surface area contributed by atoms with Crippen LogP contribution in [0.2, 0.25) is 5.02 Å². The number of H-pyrrole nitrogens is 1. The Morgan fingerprint density at radius 1 is 1.32 bits per heavy atom. The summed E-state index contributed by atoms with van der Waals surface area (Å²) in [6.07, 6.45) is 0. The van der Waals surface area contributed by atoms with Crippen molar-refractivity contribution < 1.29 is 9.53 Å². The van der Waals surface area contributed by atoms with Crippen LogP contribution >= 0.6 is 34.7 Å². The Kier molecular flexibility index (Phi) is 5.46. The first-order valence-corrected chi connectivity index (χ1v) is 9.69. The first kappa shape index (κ1) is 18.0. The lowest BCUT2D eigenvalue weighted by Crippen LogP contribution is -2.10. The third kappa shape index (κ3) is 4.05. The van der Waals surface area contributed by atoms with Gasteiger partial charge in [-0.05, 0) is 43.7 Å². The van der Waals surface area contributed by atoms with Gasteiger partial charge in [0.1, 0.15) is 22.1 Å². The lowest BCUT2D eigenvalue weighted by molar-refractivity contribution is 0.0535. The molecule has 0 spiro atoms. The molecule has 25 heavy (non-hydrogen) atoms. The molecule has 0 saturated heterocycles. The summed E-state index contributed by atoms with van der Waals surface area (Å²) in [6.45, 7) is 3.73. The molecule has 0 aliphatic carbocycles. The summed E-state index contributed by atoms with van der Waals surface area (Å²) in [5.41, 5.74) is 0.387. The molecule has 1 N–H and O–H groups in total. The summed E-state index contributed by atoms with van der Waals surface area (Å²) in [4.78, 5) is 33.3. The monoisotopic (exact) mass is 394 g/mol. The molecule has 0 aliphatic rings. The predicted molar refractivity (Wildman–Crippen MR) is 102 cm³/mol. The van der Waals surface area contributed by atoms with Crippen LogP contribution in [0, 0.1) is 13.8 Å². The minimum Gasteiger partial charge on any atom is -0.461 e. The molecule has 0 radical (unpaired) electrons. The number of ether oxygens (including phenoxy) is 1. The largest absolute Gasteiger partial charge is 0.461 e. The fourth-order valence-electron chi connectivity index (χ4n) is 2.34. The zero-order chi connectivity index (χ0) is 18.0. The fourth-order valence-corrected chi connectivity index (χ4v) is 4.31. The maximum atomic E-state index is 12.3. The quantitative estimate of drug-likeness (QED) is 0.399. The van der Waals surface area contributed by atoms with Gasteiger partial charge in [0, 0.05) is 15.7 Å². The molecule has 5 nitrogen and oxygen atoms in total. The number of esters is 1. The molecule has 2 heterocycles. The van der Waals surface area contributed by atoms with Crippen LogP contribution in [0.1, 0.15) is 21.1 Å². The Labute approximate surface area is 157 Å². The second-order valence-corrected chi connectivity index (χ2v) is 7.93. The average molecular weight is 395 g/mol. The number of nitrogens with zero attached hydrogens (tertiary/aromatic N) is 1. The molecular formula is C17H15ClN2O3S2. The van der Waals surface area contributed by atoms with Crippen molar-refractivity contribution in [3.05, 3.63) is 55.9 Å². The molecule has 0 fully saturated rings. The molecule has 2 aromatic heterocycles. The molecule has 130 valence electrons. The van der Waals surface area contributed by atoms with Crippen molar-refractivity contribution >= 4 is 50.9 Å². The topological polar surface area (TPSA) is 72.0 Å². The molecule has 3 rings (SSSR count). The summed E-state index contributed by atoms with van der Waals surface area (Å²) in [7, 11) is 0. The maximum absolute atomic E-state index is 12.3. The first-order chi connectivity index (χ1) is 12.0. The SMILES string of the molecule is Cc1nc2sc(C(=O)OCCSc3ccc(Cl)cc3)c(C)c2c(=O)[nH]1. The molecule has 0 bridgehead atoms. The number of carbonyl (C=O) groups is 1. The number of fused-ring (bicyclic) bond motifs is 1. The number of benzene rings is 1. The highest BCUT2D eigenvalue weighted by Crippen LogP contribution is 2.27. The fraction of sp³-hybridized carbons (Fsp3) is 0.235. The molecule has 0 aliphatic heterocycles. The van der Waals surface area contributed by atoms with Gasteiger partial charge in [-0.3, -0.25) is 4.79 Å². The van der Waals surface area contributed by atoms with E-state index >= 15 is 0 Å². The predicted octanol–water partition coefficient (Wildman–Crippen LogP) is 4.20. The highest BCUT2D eigenvalue weighted by atomic mass is 35.5. The van der Waals surface area contributed by atoms with Crippen LogP contribution in [0.25, 0.3) is 10.2 Å². The minimum absolute atomic E-state index is 0.228. The number of hydrogen-bond acceptors (Lipinski definition) is 6. The van der Waals surface area contributed by atoms with Gasteiger partial charge >= 0.3 is 5.97 Å². The molecule has 3 aromatic rings. The van der Waals surface area contributed by atoms with Crippen molar-refractivity contribution in [1.29, 1.82) is 0 Å². The number of aromatic nitrogens is 2. The number of thioether (sulfide) groups is 1. The zero-order valence-corrected chi connectivity index (χ0v) is 16.0. The Balaban J connectivity index is 1.64. The smallest absolute Gasteiger partial charge is 0.348 e. The van der Waals surface area contributed by atoms with E-state index in [-0.39, 0.29) is 12.2 Å². The van der Waals surface area contributed by atoms with Crippen molar-refractivity contribution in [3.8, 4) is 0 Å². The number of carbonyl (C=O) groups excluding carboxylic acids is 1. The molecule has 0 unspecified atom stereocenters. The molecule has 0 atom stereocenters. The maximum Gasteiger partial charge on any atom is 0.348 e. The Hall–Kier alpha value is -1.83. The van der Waals surface area contributed by atoms with Gasteiger partial charge in [-0.25, -0.2) is 9.78 Å². The van der Waals surface area contributed by atoms with Gasteiger partial charge in [0.2, 0.25) is 0 Å². The summed E-state index contributed by atoms with van der Waals surface area (Å²) >= 11 is 8.61. The van der Waals surface area contributed by atoms with Gasteiger partial charge < -0.3 is 9.72 Å². The Morgan fingerprint density at radius 3 is 2.76 bits per heavy atom. The van der Waals surface area contributed by atoms with Crippen LogP contribution in [0.5, 0.6) is 0 Å². The van der Waals surface area contributed by atoms with E-state index in [1.54, 1.807) is 25.6 Å². The number of aromatic amines is 1. The third-order valence-electron chi connectivity index (χ3n) is 3.50. The van der Waals surface area contributed by atoms with Crippen LogP contribution in [0.4, 0.5) is 0 Å². The van der Waals surface area contributed by atoms with Gasteiger partial charge in [-0.1, -0.05) is 11.6 Å². The summed E-state index contributed by atoms with van der Waals surface area (Å²) in [6, 6.07) is 7.49. The van der Waals surface area contributed by atoms with Crippen molar-refractivity contribution in [2.75, 3.05) is 12.4 Å². The number of rotatable bonds is 5. The number of nitrogens with one attached hydrogen (secondary N) is 1. The highest BCUT2D eigenvalue weighted by molar-refractivity contribution is 7.99. The van der Waals surface area contributed by atoms with E-state index in [0.717, 1.165) is 4.90 Å². The number of halogens is 1. The molecule has 1 aromatic carbocycles. The standard InChI is InChI=1S/C17H15ClN2O3S2/c1-9-13-15(21)19-10(2)20-16(13)25-14(9)17(22)23-7-8-24-12-5-3-11(18)4-6-12/h3-6H,7-8H2,1-2H3,(H,19,20,21). The van der Waals surface area contributed by atoms with Gasteiger partial charge in [-0.15, -0.1) is 23.1 Å². The number of thiophene rings is 1. The number of aryl methyl sites for hydroxylation is 2. The number of hydrogen-bond donors (Lipinski definition) is 1. The van der Waals surface area contributed by atoms with E-state index in [9.17, 15) is 9.59 Å². The van der Waals surface area contributed by atoms with Crippen LogP contribution < -0.4 is 5.56 Å². The molecule has 0 saturated carbocycles. The summed E-state index contributed by atoms with van der Waals surface area (Å²) < 4.78 is 5.34. The van der Waals surface area contributed by atoms with Crippen molar-refractivity contribution in [1.82, 2.24) is 9.97 Å². The molecule has 8 heteroatoms. The van der Waals surface area contributed by atoms with E-state index < -0.39 is 5.97 Å². The van der Waals surface area contributed by atoms with Crippen LogP contribution in [0.15, 0.2) is 34.0 Å². The van der Waals surface area contributed by atoms with Gasteiger partial charge in [0.15, 0.2) is 0 Å². The van der Waals surface area contributed by atoms with Crippen LogP contribution in [0.3, 0.4) is 0 Å². The van der Waals surface area contributed by atoms with Crippen LogP contribution in [-0.4, -0.2) is 28.3 Å². The average Bonchev–Trinajstić information content (AvgIpc) is 2.90. The lowest BCUT2D eigenvalue weighted by atomic mass is 10.2. The van der Waals surface area contributed by atoms with E-state index in [2.05, 4.69) is 9.97 Å². The van der Waals surface area contributed by atoms with Crippen LogP contribution in [-0.2, 0) is 4.74 Å². The molecule has 0 amide bonds. The van der Waals surface area contributed by atoms with E-state index in [1.165, 1.54) is 11.3 Å². The van der Waals surface area contributed by atoms with E-state index in [0.29, 0.717) is 37.3 Å². The third-order valence-corrected chi connectivity index (χ3v) is 5.90. The van der Waals surface area contributed by atoms with Gasteiger partial charge in [-0.2, -0.15) is 0 Å². The summed E-state index contributed by atoms with van der Waals surface area (Å²) in [5, 5.41) is 1.15. The molecular weight excluding hydrogens is 380 g/mol. The van der Waals surface area contributed by atoms with E-state index in [1.807, 2.05) is 24.3 Å². The second kappa shape index (κ2) is 7.59.